The zero-order chi connectivity index (χ0) is 5.41. The van der Waals surface area contributed by atoms with E-state index in [1.807, 2.05) is 0 Å². The molecule has 7 heavy (non-hydrogen) atoms. The van der Waals surface area contributed by atoms with Gasteiger partial charge in [-0.15, -0.1) is 0 Å². The molecule has 0 rings (SSSR count). The molecule has 1 radical (unpaired) electrons. The van der Waals surface area contributed by atoms with E-state index >= 15 is 0 Å². The summed E-state index contributed by atoms with van der Waals surface area (Å²) in [5.74, 6) is 0. The number of hydrogen-bond acceptors (Lipinski definition) is 0. The Hall–Kier alpha value is 0.584. The van der Waals surface area contributed by atoms with Gasteiger partial charge in [-0.3, -0.25) is 12.2 Å². The summed E-state index contributed by atoms with van der Waals surface area (Å²) < 4.78 is 0. The summed E-state index contributed by atoms with van der Waals surface area (Å²) in [6.45, 7) is 13.0. The molecule has 0 aromatic heterocycles. The van der Waals surface area contributed by atoms with Gasteiger partial charge < -0.3 is 13.2 Å². The van der Waals surface area contributed by atoms with E-state index in [1.165, 1.54) is 12.2 Å². The van der Waals surface area contributed by atoms with Crippen LogP contribution in [0.5, 0.6) is 0 Å². The molecule has 0 nitrogen and oxygen atoms in total. The summed E-state index contributed by atoms with van der Waals surface area (Å²) >= 11 is 0. The summed E-state index contributed by atoms with van der Waals surface area (Å²) in [6, 6.07) is 0. The maximum Gasteiger partial charge on any atom is 0 e. The molecular weight excluding hydrogens is 161 g/mol. The molecule has 0 spiro atoms. The molecule has 0 amide bonds. The molecule has 0 aliphatic heterocycles. The van der Waals surface area contributed by atoms with E-state index in [0.29, 0.717) is 0 Å². The van der Waals surface area contributed by atoms with Gasteiger partial charge >= 0.3 is 0 Å². The van der Waals surface area contributed by atoms with Crippen LogP contribution < -0.4 is 0 Å². The molecule has 1 heteroatoms. The third kappa shape index (κ3) is 406. The van der Waals surface area contributed by atoms with Crippen molar-refractivity contribution in [1.29, 1.82) is 0 Å². The predicted octanol–water partition coefficient (Wildman–Crippen LogP) is 1.99. The summed E-state index contributed by atoms with van der Waals surface area (Å²) in [5.41, 5.74) is 0. The molecule has 0 atom stereocenters. The Balaban J connectivity index is -0.0000000400. The van der Waals surface area contributed by atoms with Gasteiger partial charge in [0.2, 0.25) is 0 Å². The van der Waals surface area contributed by atoms with E-state index in [9.17, 15) is 0 Å². The van der Waals surface area contributed by atoms with Crippen LogP contribution >= 0.6 is 0 Å². The van der Waals surface area contributed by atoms with Gasteiger partial charge in [-0.2, -0.15) is 0 Å². The van der Waals surface area contributed by atoms with Crippen molar-refractivity contribution in [2.45, 2.75) is 13.8 Å². The molecule has 0 aromatic carbocycles. The van der Waals surface area contributed by atoms with Gasteiger partial charge in [0.05, 0.1) is 0 Å². The molecule has 0 fully saturated rings. The molecule has 0 unspecified atom stereocenters. The van der Waals surface area contributed by atoms with Crippen LogP contribution in [-0.4, -0.2) is 0 Å². The summed E-state index contributed by atoms with van der Waals surface area (Å²) in [6.07, 6.45) is 3.00. The normalized spacial score (nSPS) is 3.71. The number of allylic oxidation sites excluding steroid dienone is 2. The Morgan fingerprint density at radius 2 is 1.00 bits per heavy atom. The Bertz CT molecular complexity index is 25.2. The summed E-state index contributed by atoms with van der Waals surface area (Å²) in [7, 11) is 0. The van der Waals surface area contributed by atoms with Crippen molar-refractivity contribution in [3.63, 3.8) is 0 Å². The second-order valence-electron chi connectivity index (χ2n) is 0.667. The third-order valence-electron chi connectivity index (χ3n) is 0. The van der Waals surface area contributed by atoms with Crippen LogP contribution in [0.4, 0.5) is 0 Å². The van der Waals surface area contributed by atoms with Crippen molar-refractivity contribution in [2.75, 3.05) is 0 Å². The van der Waals surface area contributed by atoms with Crippen molar-refractivity contribution in [3.8, 4) is 0 Å². The van der Waals surface area contributed by atoms with Gasteiger partial charge in [0.15, 0.2) is 0 Å². The molecule has 39 valence electrons. The molecule has 0 bridgehead atoms. The first-order chi connectivity index (χ1) is 2.83. The van der Waals surface area contributed by atoms with E-state index in [1.54, 1.807) is 13.8 Å². The Morgan fingerprint density at radius 1 is 1.00 bits per heavy atom. The fourth-order valence-electron chi connectivity index (χ4n) is 0. The molecule has 0 saturated heterocycles. The topological polar surface area (TPSA) is 0 Å². The van der Waals surface area contributed by atoms with Crippen molar-refractivity contribution in [1.82, 2.24) is 0 Å². The smallest absolute Gasteiger partial charge is 0 e. The van der Waals surface area contributed by atoms with Crippen molar-refractivity contribution < 1.29 is 32.7 Å². The minimum atomic E-state index is 0. The van der Waals surface area contributed by atoms with E-state index < -0.39 is 0 Å². The van der Waals surface area contributed by atoms with Crippen LogP contribution in [-0.2, 0) is 32.7 Å². The van der Waals surface area contributed by atoms with E-state index in [0.717, 1.165) is 0 Å². The van der Waals surface area contributed by atoms with Gasteiger partial charge in [0, 0.05) is 32.7 Å². The number of hydrogen-bond donors (Lipinski definition) is 0. The molecule has 0 aliphatic rings. The fourth-order valence-corrected chi connectivity index (χ4v) is 0. The zero-order valence-corrected chi connectivity index (χ0v) is 7.73. The maximum absolute atomic E-state index is 4.72. The van der Waals surface area contributed by atoms with Gasteiger partial charge in [0.1, 0.15) is 0 Å². The van der Waals surface area contributed by atoms with E-state index in [4.69, 9.17) is 13.2 Å². The average Bonchev–Trinajstić information content (AvgIpc) is 1.39. The number of rotatable bonds is 0. The molecular formula is C6H10Y-2. The average molecular weight is 171 g/mol. The second kappa shape index (κ2) is 30.7. The van der Waals surface area contributed by atoms with E-state index in [-0.39, 0.29) is 32.7 Å². The van der Waals surface area contributed by atoms with Crippen LogP contribution in [0.1, 0.15) is 13.8 Å². The summed E-state index contributed by atoms with van der Waals surface area (Å²) in [4.78, 5) is 0. The molecule has 0 saturated carbocycles. The Kier molecular flexibility index (Phi) is 68.7. The largest absolute Gasteiger partial charge is 0.518 e. The van der Waals surface area contributed by atoms with Crippen LogP contribution in [0.25, 0.3) is 0 Å². The quantitative estimate of drug-likeness (QED) is 0.489. The van der Waals surface area contributed by atoms with Crippen LogP contribution in [0.15, 0.2) is 12.2 Å². The molecule has 0 aliphatic carbocycles. The monoisotopic (exact) mass is 171 g/mol. The van der Waals surface area contributed by atoms with E-state index in [2.05, 4.69) is 0 Å². The minimum absolute atomic E-state index is 0. The van der Waals surface area contributed by atoms with Gasteiger partial charge in [-0.05, 0) is 0 Å². The first-order valence-corrected chi connectivity index (χ1v) is 1.82. The van der Waals surface area contributed by atoms with Crippen LogP contribution in [0.2, 0.25) is 0 Å². The first kappa shape index (κ1) is 15.6. The fraction of sp³-hybridized carbons (Fsp3) is 0.333. The second-order valence-corrected chi connectivity index (χ2v) is 0.667. The van der Waals surface area contributed by atoms with Crippen molar-refractivity contribution >= 4 is 0 Å². The van der Waals surface area contributed by atoms with Crippen LogP contribution in [0, 0.1) is 13.2 Å². The Labute approximate surface area is 71.6 Å². The maximum atomic E-state index is 4.72. The minimum Gasteiger partial charge on any atom is -0.518 e. The van der Waals surface area contributed by atoms with Gasteiger partial charge in [-0.1, -0.05) is 13.8 Å². The predicted molar refractivity (Wildman–Crippen MR) is 29.1 cm³/mol. The summed E-state index contributed by atoms with van der Waals surface area (Å²) in [5, 5.41) is 0. The van der Waals surface area contributed by atoms with Gasteiger partial charge in [-0.25, -0.2) is 0 Å². The van der Waals surface area contributed by atoms with Crippen molar-refractivity contribution in [3.05, 3.63) is 25.3 Å². The molecule has 0 N–H and O–H groups in total. The third-order valence-corrected chi connectivity index (χ3v) is 0. The first-order valence-electron chi connectivity index (χ1n) is 1.82. The standard InChI is InChI=1S/2C3H5.Y/c2*1-3-2;/h2*1,3H,2H3;/q2*-1;. The SMILES string of the molecule is [CH-]=CC.[CH-]=CC.[Y]. The van der Waals surface area contributed by atoms with Crippen molar-refractivity contribution in [2.24, 2.45) is 0 Å². The zero-order valence-electron chi connectivity index (χ0n) is 4.89. The molecule has 0 aromatic rings. The van der Waals surface area contributed by atoms with Crippen LogP contribution in [0.3, 0.4) is 0 Å². The van der Waals surface area contributed by atoms with Gasteiger partial charge in [0.25, 0.3) is 0 Å². The molecule has 0 heterocycles. The Morgan fingerprint density at radius 3 is 1.00 bits per heavy atom.